The van der Waals surface area contributed by atoms with Gasteiger partial charge in [0.1, 0.15) is 22.3 Å². The number of nitrogens with one attached hydrogen (secondary N) is 2. The molecule has 0 atom stereocenters. The van der Waals surface area contributed by atoms with Gasteiger partial charge in [-0.05, 0) is 18.2 Å². The first-order chi connectivity index (χ1) is 10.7. The number of anilines is 1. The summed E-state index contributed by atoms with van der Waals surface area (Å²) in [7, 11) is 1.42. The van der Waals surface area contributed by atoms with Crippen LogP contribution in [0.2, 0.25) is 0 Å². The molecule has 2 heterocycles. The molecule has 0 saturated carbocycles. The number of aromatic amines is 1. The third-order valence-electron chi connectivity index (χ3n) is 2.94. The van der Waals surface area contributed by atoms with E-state index in [0.29, 0.717) is 16.4 Å². The fraction of sp³-hybridized carbons (Fsp3) is 0.0714. The zero-order chi connectivity index (χ0) is 15.5. The molecule has 0 radical (unpaired) electrons. The van der Waals surface area contributed by atoms with Gasteiger partial charge in [-0.15, -0.1) is 11.3 Å². The lowest BCUT2D eigenvalue weighted by Gasteiger charge is -2.09. The Hall–Kier alpha value is -2.74. The van der Waals surface area contributed by atoms with Gasteiger partial charge in [0.25, 0.3) is 5.91 Å². The molecule has 112 valence electrons. The largest absolute Gasteiger partial charge is 0.496 e. The smallest absolute Gasteiger partial charge is 0.259 e. The van der Waals surface area contributed by atoms with Crippen LogP contribution in [-0.4, -0.2) is 28.2 Å². The molecule has 2 N–H and O–H groups in total. The van der Waals surface area contributed by atoms with Crippen LogP contribution in [0.25, 0.3) is 10.7 Å². The second-order valence-corrected chi connectivity index (χ2v) is 5.19. The van der Waals surface area contributed by atoms with Crippen LogP contribution in [-0.2, 0) is 0 Å². The molecule has 3 rings (SSSR count). The number of H-pyrrole nitrogens is 1. The average Bonchev–Trinajstić information content (AvgIpc) is 3.17. The number of benzene rings is 1. The predicted octanol–water partition coefficient (Wildman–Crippen LogP) is 2.93. The molecule has 2 aromatic heterocycles. The molecule has 0 aliphatic heterocycles. The summed E-state index contributed by atoms with van der Waals surface area (Å²) >= 11 is 1.41. The maximum atomic E-state index is 13.4. The number of ether oxygens (including phenoxy) is 1. The van der Waals surface area contributed by atoms with Crippen molar-refractivity contribution in [2.45, 2.75) is 0 Å². The van der Waals surface area contributed by atoms with Crippen molar-refractivity contribution in [1.82, 2.24) is 15.2 Å². The lowest BCUT2D eigenvalue weighted by molar-refractivity contribution is 0.102. The highest BCUT2D eigenvalue weighted by Crippen LogP contribution is 2.28. The molecular weight excluding hydrogens is 307 g/mol. The molecule has 6 nitrogen and oxygen atoms in total. The van der Waals surface area contributed by atoms with Gasteiger partial charge in [-0.3, -0.25) is 9.89 Å². The second kappa shape index (κ2) is 5.94. The normalized spacial score (nSPS) is 10.5. The molecule has 0 fully saturated rings. The van der Waals surface area contributed by atoms with Crippen LogP contribution in [0.5, 0.6) is 5.75 Å². The lowest BCUT2D eigenvalue weighted by Crippen LogP contribution is -2.13. The van der Waals surface area contributed by atoms with Crippen LogP contribution in [0.4, 0.5) is 10.1 Å². The van der Waals surface area contributed by atoms with Crippen molar-refractivity contribution in [1.29, 1.82) is 0 Å². The molecule has 0 saturated heterocycles. The van der Waals surface area contributed by atoms with Gasteiger partial charge in [0.15, 0.2) is 0 Å². The molecule has 1 aromatic carbocycles. The summed E-state index contributed by atoms with van der Waals surface area (Å²) in [5.41, 5.74) is 1.17. The second-order valence-electron chi connectivity index (χ2n) is 4.29. The molecule has 0 aliphatic rings. The SMILES string of the molecule is COc1ccc(F)cc1C(=O)Nc1cn[nH]c1-c1nccs1. The van der Waals surface area contributed by atoms with Gasteiger partial charge in [-0.25, -0.2) is 9.37 Å². The van der Waals surface area contributed by atoms with Crippen molar-refractivity contribution >= 4 is 22.9 Å². The quantitative estimate of drug-likeness (QED) is 0.775. The molecule has 0 spiro atoms. The van der Waals surface area contributed by atoms with Crippen LogP contribution in [0.1, 0.15) is 10.4 Å². The Morgan fingerprint density at radius 2 is 2.32 bits per heavy atom. The van der Waals surface area contributed by atoms with Crippen molar-refractivity contribution < 1.29 is 13.9 Å². The predicted molar refractivity (Wildman–Crippen MR) is 80.6 cm³/mol. The summed E-state index contributed by atoms with van der Waals surface area (Å²) in [6.07, 6.45) is 3.13. The van der Waals surface area contributed by atoms with Gasteiger partial charge in [0.05, 0.1) is 24.6 Å². The van der Waals surface area contributed by atoms with E-state index in [2.05, 4.69) is 20.5 Å². The third kappa shape index (κ3) is 2.68. The first-order valence-corrected chi connectivity index (χ1v) is 7.15. The Morgan fingerprint density at radius 1 is 1.45 bits per heavy atom. The van der Waals surface area contributed by atoms with E-state index in [4.69, 9.17) is 4.74 Å². The molecule has 0 bridgehead atoms. The van der Waals surface area contributed by atoms with Gasteiger partial charge in [0.2, 0.25) is 0 Å². The average molecular weight is 318 g/mol. The van der Waals surface area contributed by atoms with E-state index in [0.717, 1.165) is 6.07 Å². The third-order valence-corrected chi connectivity index (χ3v) is 3.73. The number of carbonyl (C=O) groups excluding carboxylic acids is 1. The van der Waals surface area contributed by atoms with Crippen LogP contribution in [0.3, 0.4) is 0 Å². The van der Waals surface area contributed by atoms with Gasteiger partial charge < -0.3 is 10.1 Å². The standard InChI is InChI=1S/C14H11FN4O2S/c1-21-11-3-2-8(15)6-9(11)13(20)18-10-7-17-19-12(10)14-16-4-5-22-14/h2-7H,1H3,(H,17,19)(H,18,20). The number of hydrogen-bond acceptors (Lipinski definition) is 5. The number of nitrogens with zero attached hydrogens (tertiary/aromatic N) is 2. The maximum absolute atomic E-state index is 13.4. The van der Waals surface area contributed by atoms with Crippen LogP contribution in [0.15, 0.2) is 36.0 Å². The zero-order valence-electron chi connectivity index (χ0n) is 11.5. The van der Waals surface area contributed by atoms with Gasteiger partial charge in [-0.1, -0.05) is 0 Å². The summed E-state index contributed by atoms with van der Waals surface area (Å²) in [5, 5.41) is 11.9. The molecule has 8 heteroatoms. The van der Waals surface area contributed by atoms with E-state index in [1.165, 1.54) is 36.8 Å². The lowest BCUT2D eigenvalue weighted by atomic mass is 10.1. The fourth-order valence-electron chi connectivity index (χ4n) is 1.94. The highest BCUT2D eigenvalue weighted by molar-refractivity contribution is 7.13. The minimum atomic E-state index is -0.515. The number of methoxy groups -OCH3 is 1. The van der Waals surface area contributed by atoms with Crippen molar-refractivity contribution in [3.05, 3.63) is 47.4 Å². The van der Waals surface area contributed by atoms with Crippen LogP contribution < -0.4 is 10.1 Å². The molecular formula is C14H11FN4O2S. The van der Waals surface area contributed by atoms with Gasteiger partial charge in [-0.2, -0.15) is 5.10 Å². The van der Waals surface area contributed by atoms with Crippen molar-refractivity contribution in [3.8, 4) is 16.5 Å². The molecule has 0 unspecified atom stereocenters. The molecule has 1 amide bonds. The van der Waals surface area contributed by atoms with Crippen LogP contribution in [0, 0.1) is 5.82 Å². The molecule has 22 heavy (non-hydrogen) atoms. The van der Waals surface area contributed by atoms with E-state index in [9.17, 15) is 9.18 Å². The van der Waals surface area contributed by atoms with Crippen LogP contribution >= 0.6 is 11.3 Å². The highest BCUT2D eigenvalue weighted by atomic mass is 32.1. The topological polar surface area (TPSA) is 79.9 Å². The minimum absolute atomic E-state index is 0.105. The van der Waals surface area contributed by atoms with Crippen molar-refractivity contribution in [3.63, 3.8) is 0 Å². The number of rotatable bonds is 4. The Bertz CT molecular complexity index is 801. The summed E-state index contributed by atoms with van der Waals surface area (Å²) in [6, 6.07) is 3.76. The molecule has 0 aliphatic carbocycles. The van der Waals surface area contributed by atoms with Crippen molar-refractivity contribution in [2.24, 2.45) is 0 Å². The maximum Gasteiger partial charge on any atom is 0.259 e. The number of halogens is 1. The monoisotopic (exact) mass is 318 g/mol. The number of amides is 1. The molecule has 3 aromatic rings. The summed E-state index contributed by atoms with van der Waals surface area (Å²) in [4.78, 5) is 16.5. The van der Waals surface area contributed by atoms with E-state index in [1.54, 1.807) is 6.20 Å². The van der Waals surface area contributed by atoms with Gasteiger partial charge in [0, 0.05) is 11.6 Å². The first-order valence-electron chi connectivity index (χ1n) is 6.27. The number of thiazole rings is 1. The number of carbonyl (C=O) groups is 1. The highest BCUT2D eigenvalue weighted by Gasteiger charge is 2.17. The van der Waals surface area contributed by atoms with E-state index in [-0.39, 0.29) is 11.3 Å². The summed E-state index contributed by atoms with van der Waals surface area (Å²) in [6.45, 7) is 0. The van der Waals surface area contributed by atoms with Gasteiger partial charge >= 0.3 is 0 Å². The van der Waals surface area contributed by atoms with E-state index >= 15 is 0 Å². The summed E-state index contributed by atoms with van der Waals surface area (Å²) in [5.74, 6) is -0.716. The first kappa shape index (κ1) is 14.2. The number of hydrogen-bond donors (Lipinski definition) is 2. The fourth-order valence-corrected chi connectivity index (χ4v) is 2.58. The Morgan fingerprint density at radius 3 is 3.05 bits per heavy atom. The van der Waals surface area contributed by atoms with E-state index < -0.39 is 11.7 Å². The zero-order valence-corrected chi connectivity index (χ0v) is 12.3. The Labute approximate surface area is 129 Å². The Balaban J connectivity index is 1.90. The summed E-state index contributed by atoms with van der Waals surface area (Å²) < 4.78 is 18.4. The Kier molecular flexibility index (Phi) is 3.84. The van der Waals surface area contributed by atoms with E-state index in [1.807, 2.05) is 5.38 Å². The van der Waals surface area contributed by atoms with Crippen molar-refractivity contribution in [2.75, 3.05) is 12.4 Å². The minimum Gasteiger partial charge on any atom is -0.496 e. The number of aromatic nitrogens is 3.